The van der Waals surface area contributed by atoms with Crippen molar-refractivity contribution in [3.63, 3.8) is 0 Å². The molecule has 1 saturated heterocycles. The van der Waals surface area contributed by atoms with Gasteiger partial charge in [-0.2, -0.15) is 0 Å². The minimum Gasteiger partial charge on any atom is -0.474 e. The molecule has 2 N–H and O–H groups in total. The van der Waals surface area contributed by atoms with Crippen LogP contribution in [-0.2, 0) is 4.74 Å². The molecule has 4 heteroatoms. The summed E-state index contributed by atoms with van der Waals surface area (Å²) in [4.78, 5) is 4.30. The summed E-state index contributed by atoms with van der Waals surface area (Å²) in [5, 5.41) is 0. The average molecular weight is 250 g/mol. The van der Waals surface area contributed by atoms with Gasteiger partial charge >= 0.3 is 0 Å². The molecule has 0 spiro atoms. The number of pyridine rings is 1. The van der Waals surface area contributed by atoms with E-state index in [-0.39, 0.29) is 24.4 Å². The molecule has 1 aromatic rings. The van der Waals surface area contributed by atoms with Crippen molar-refractivity contribution in [2.24, 2.45) is 5.73 Å². The first-order valence-corrected chi connectivity index (χ1v) is 6.59. The van der Waals surface area contributed by atoms with Crippen LogP contribution in [0.1, 0.15) is 45.2 Å². The number of hydrogen-bond acceptors (Lipinski definition) is 4. The smallest absolute Gasteiger partial charge is 0.218 e. The van der Waals surface area contributed by atoms with Crippen molar-refractivity contribution in [2.75, 3.05) is 0 Å². The maximum Gasteiger partial charge on any atom is 0.218 e. The second-order valence-electron chi connectivity index (χ2n) is 5.16. The molecule has 4 nitrogen and oxygen atoms in total. The van der Waals surface area contributed by atoms with E-state index >= 15 is 0 Å². The van der Waals surface area contributed by atoms with Crippen LogP contribution < -0.4 is 10.5 Å². The van der Waals surface area contributed by atoms with Crippen LogP contribution in [0.2, 0.25) is 0 Å². The molecule has 0 radical (unpaired) electrons. The molecule has 0 aliphatic carbocycles. The van der Waals surface area contributed by atoms with E-state index in [1.165, 1.54) is 0 Å². The minimum atomic E-state index is -0.0663. The van der Waals surface area contributed by atoms with Crippen molar-refractivity contribution in [3.8, 4) is 5.88 Å². The second-order valence-corrected chi connectivity index (χ2v) is 5.16. The molecule has 1 aliphatic heterocycles. The van der Waals surface area contributed by atoms with Crippen LogP contribution in [0.25, 0.3) is 0 Å². The summed E-state index contributed by atoms with van der Waals surface area (Å²) < 4.78 is 11.7. The Labute approximate surface area is 108 Å². The fourth-order valence-corrected chi connectivity index (χ4v) is 2.45. The molecule has 0 amide bonds. The Morgan fingerprint density at radius 2 is 2.06 bits per heavy atom. The number of nitrogens with zero attached hydrogens (tertiary/aromatic N) is 1. The Morgan fingerprint density at radius 1 is 1.39 bits per heavy atom. The van der Waals surface area contributed by atoms with Crippen molar-refractivity contribution >= 4 is 0 Å². The predicted molar refractivity (Wildman–Crippen MR) is 70.5 cm³/mol. The van der Waals surface area contributed by atoms with Gasteiger partial charge in [0.15, 0.2) is 0 Å². The molecular weight excluding hydrogens is 228 g/mol. The Kier molecular flexibility index (Phi) is 4.19. The first-order chi connectivity index (χ1) is 8.56. The van der Waals surface area contributed by atoms with E-state index in [0.717, 1.165) is 18.4 Å². The van der Waals surface area contributed by atoms with E-state index in [1.807, 2.05) is 19.1 Å². The van der Waals surface area contributed by atoms with Crippen LogP contribution in [0, 0.1) is 0 Å². The first-order valence-electron chi connectivity index (χ1n) is 6.59. The van der Waals surface area contributed by atoms with E-state index in [2.05, 4.69) is 18.8 Å². The van der Waals surface area contributed by atoms with Gasteiger partial charge in [-0.05, 0) is 26.8 Å². The fourth-order valence-electron chi connectivity index (χ4n) is 2.45. The number of aromatic nitrogens is 1. The highest BCUT2D eigenvalue weighted by atomic mass is 16.5. The van der Waals surface area contributed by atoms with Crippen LogP contribution in [0.15, 0.2) is 18.3 Å². The van der Waals surface area contributed by atoms with Gasteiger partial charge in [0.1, 0.15) is 6.10 Å². The Morgan fingerprint density at radius 3 is 2.67 bits per heavy atom. The van der Waals surface area contributed by atoms with Crippen molar-refractivity contribution < 1.29 is 9.47 Å². The van der Waals surface area contributed by atoms with Gasteiger partial charge in [-0.3, -0.25) is 0 Å². The largest absolute Gasteiger partial charge is 0.474 e. The summed E-state index contributed by atoms with van der Waals surface area (Å²) in [6, 6.07) is 3.79. The highest BCUT2D eigenvalue weighted by Crippen LogP contribution is 2.27. The standard InChI is InChI=1S/C14H22N2O2/c1-9-7-12(8-10(2)17-9)18-14-13(11(3)15)5-4-6-16-14/h4-6,9-12H,7-8,15H2,1-3H3/t9?,10?,11-,12?/m0/s1. The topological polar surface area (TPSA) is 57.4 Å². The lowest BCUT2D eigenvalue weighted by atomic mass is 10.0. The maximum atomic E-state index is 6.02. The molecule has 18 heavy (non-hydrogen) atoms. The van der Waals surface area contributed by atoms with Crippen molar-refractivity contribution in [2.45, 2.75) is 58.0 Å². The Balaban J connectivity index is 2.09. The van der Waals surface area contributed by atoms with Gasteiger partial charge in [0.05, 0.1) is 12.2 Å². The van der Waals surface area contributed by atoms with Gasteiger partial charge in [0.2, 0.25) is 5.88 Å². The third-order valence-corrected chi connectivity index (χ3v) is 3.22. The monoisotopic (exact) mass is 250 g/mol. The summed E-state index contributed by atoms with van der Waals surface area (Å²) in [7, 11) is 0. The summed E-state index contributed by atoms with van der Waals surface area (Å²) in [5.74, 6) is 0.666. The molecule has 1 fully saturated rings. The Bertz CT molecular complexity index is 385. The summed E-state index contributed by atoms with van der Waals surface area (Å²) >= 11 is 0. The quantitative estimate of drug-likeness (QED) is 0.895. The number of rotatable bonds is 3. The van der Waals surface area contributed by atoms with Crippen molar-refractivity contribution in [1.29, 1.82) is 0 Å². The SMILES string of the molecule is CC1CC(Oc2ncccc2[C@H](C)N)CC(C)O1. The molecule has 0 saturated carbocycles. The molecule has 0 bridgehead atoms. The lowest BCUT2D eigenvalue weighted by Crippen LogP contribution is -2.36. The third-order valence-electron chi connectivity index (χ3n) is 3.22. The van der Waals surface area contributed by atoms with E-state index < -0.39 is 0 Å². The lowest BCUT2D eigenvalue weighted by molar-refractivity contribution is -0.0731. The molecule has 2 heterocycles. The molecule has 1 aliphatic rings. The van der Waals surface area contributed by atoms with Gasteiger partial charge < -0.3 is 15.2 Å². The van der Waals surface area contributed by atoms with E-state index in [9.17, 15) is 0 Å². The van der Waals surface area contributed by atoms with Gasteiger partial charge in [0, 0.05) is 30.6 Å². The van der Waals surface area contributed by atoms with Crippen LogP contribution in [0.5, 0.6) is 5.88 Å². The molecule has 0 aromatic carbocycles. The van der Waals surface area contributed by atoms with Gasteiger partial charge in [-0.25, -0.2) is 4.98 Å². The van der Waals surface area contributed by atoms with Crippen LogP contribution >= 0.6 is 0 Å². The first kappa shape index (κ1) is 13.3. The highest BCUT2D eigenvalue weighted by Gasteiger charge is 2.26. The van der Waals surface area contributed by atoms with E-state index in [1.54, 1.807) is 6.20 Å². The summed E-state index contributed by atoms with van der Waals surface area (Å²) in [6.07, 6.45) is 4.19. The third kappa shape index (κ3) is 3.21. The molecule has 100 valence electrons. The zero-order valence-corrected chi connectivity index (χ0v) is 11.3. The lowest BCUT2D eigenvalue weighted by Gasteiger charge is -2.32. The maximum absolute atomic E-state index is 6.02. The van der Waals surface area contributed by atoms with E-state index in [4.69, 9.17) is 15.2 Å². The minimum absolute atomic E-state index is 0.0663. The molecule has 3 atom stereocenters. The van der Waals surface area contributed by atoms with E-state index in [0.29, 0.717) is 5.88 Å². The van der Waals surface area contributed by atoms with Gasteiger partial charge in [0.25, 0.3) is 0 Å². The molecule has 2 rings (SSSR count). The summed E-state index contributed by atoms with van der Waals surface area (Å²) in [5.41, 5.74) is 6.89. The molecule has 2 unspecified atom stereocenters. The zero-order chi connectivity index (χ0) is 13.1. The molecular formula is C14H22N2O2. The van der Waals surface area contributed by atoms with Gasteiger partial charge in [-0.1, -0.05) is 6.07 Å². The van der Waals surface area contributed by atoms with Crippen molar-refractivity contribution in [3.05, 3.63) is 23.9 Å². The predicted octanol–water partition coefficient (Wildman–Crippen LogP) is 2.44. The van der Waals surface area contributed by atoms with Crippen LogP contribution in [-0.4, -0.2) is 23.3 Å². The highest BCUT2D eigenvalue weighted by molar-refractivity contribution is 5.28. The normalized spacial score (nSPS) is 29.9. The average Bonchev–Trinajstić information content (AvgIpc) is 2.27. The van der Waals surface area contributed by atoms with Gasteiger partial charge in [-0.15, -0.1) is 0 Å². The van der Waals surface area contributed by atoms with Crippen molar-refractivity contribution in [1.82, 2.24) is 4.98 Å². The number of ether oxygens (including phenoxy) is 2. The summed E-state index contributed by atoms with van der Waals surface area (Å²) in [6.45, 7) is 6.10. The Hall–Kier alpha value is -1.13. The van der Waals surface area contributed by atoms with Crippen LogP contribution in [0.3, 0.4) is 0 Å². The number of hydrogen-bond donors (Lipinski definition) is 1. The fraction of sp³-hybridized carbons (Fsp3) is 0.643. The molecule has 1 aromatic heterocycles. The number of nitrogens with two attached hydrogens (primary N) is 1. The second kappa shape index (κ2) is 5.67. The zero-order valence-electron chi connectivity index (χ0n) is 11.3. The van der Waals surface area contributed by atoms with Crippen LogP contribution in [0.4, 0.5) is 0 Å².